The summed E-state index contributed by atoms with van der Waals surface area (Å²) in [5.41, 5.74) is 1.60. The average Bonchev–Trinajstić information content (AvgIpc) is 3.29. The van der Waals surface area contributed by atoms with E-state index in [0.29, 0.717) is 51.8 Å². The zero-order chi connectivity index (χ0) is 33.8. The number of hydrogen-bond acceptors (Lipinski definition) is 8. The molecule has 0 saturated carbocycles. The molecule has 2 saturated heterocycles. The summed E-state index contributed by atoms with van der Waals surface area (Å²) in [4.78, 5) is 0. The van der Waals surface area contributed by atoms with Crippen LogP contribution in [0.15, 0.2) is 84.0 Å². The second kappa shape index (κ2) is 15.0. The van der Waals surface area contributed by atoms with E-state index in [-0.39, 0.29) is 30.3 Å². The van der Waals surface area contributed by atoms with Crippen molar-refractivity contribution in [3.63, 3.8) is 0 Å². The van der Waals surface area contributed by atoms with Crippen molar-refractivity contribution < 1.29 is 38.0 Å². The molecule has 0 aromatic heterocycles. The third kappa shape index (κ3) is 6.31. The normalized spacial score (nSPS) is 29.7. The molecule has 2 aromatic rings. The molecule has 1 spiro atoms. The molecule has 6 atom stereocenters. The van der Waals surface area contributed by atoms with Crippen LogP contribution >= 0.6 is 0 Å². The molecule has 0 amide bonds. The maximum Gasteiger partial charge on any atom is 0.261 e. The molecular formula is C39H54O8Si. The van der Waals surface area contributed by atoms with Crippen molar-refractivity contribution in [2.24, 2.45) is 23.2 Å². The quantitative estimate of drug-likeness (QED) is 0.112. The molecular weight excluding hydrogens is 625 g/mol. The van der Waals surface area contributed by atoms with Crippen molar-refractivity contribution in [1.29, 1.82) is 0 Å². The van der Waals surface area contributed by atoms with Gasteiger partial charge in [0.05, 0.1) is 38.4 Å². The summed E-state index contributed by atoms with van der Waals surface area (Å²) in [6.45, 7) is 9.93. The molecule has 2 heterocycles. The molecule has 0 unspecified atom stereocenters. The van der Waals surface area contributed by atoms with E-state index < -0.39 is 25.8 Å². The van der Waals surface area contributed by atoms with E-state index in [2.05, 4.69) is 93.6 Å². The molecule has 2 aliphatic heterocycles. The zero-order valence-corrected chi connectivity index (χ0v) is 30.3. The van der Waals surface area contributed by atoms with Crippen LogP contribution in [-0.4, -0.2) is 86.2 Å². The Balaban J connectivity index is 1.34. The summed E-state index contributed by atoms with van der Waals surface area (Å²) < 4.78 is 43.8. The Morgan fingerprint density at radius 3 is 2.21 bits per heavy atom. The second-order valence-corrected chi connectivity index (χ2v) is 19.0. The van der Waals surface area contributed by atoms with Gasteiger partial charge >= 0.3 is 0 Å². The predicted octanol–water partition coefficient (Wildman–Crippen LogP) is 5.20. The van der Waals surface area contributed by atoms with Crippen LogP contribution in [0, 0.1) is 23.2 Å². The second-order valence-electron chi connectivity index (χ2n) is 14.7. The Labute approximate surface area is 287 Å². The van der Waals surface area contributed by atoms with Gasteiger partial charge in [-0.15, -0.1) is 0 Å². The van der Waals surface area contributed by atoms with Crippen molar-refractivity contribution in [1.82, 2.24) is 0 Å². The highest BCUT2D eigenvalue weighted by Crippen LogP contribution is 2.66. The molecule has 0 radical (unpaired) electrons. The SMILES string of the molecule is COCCOCOCC[C@H]1C=C2[C@@]3(CCO[Si](c4ccccc4)(c4ccccc4)C(C)(C)C)CC(CO)=C[C@H]4[C@@H]1CCO[C@@]24O[C@H]3OC. The number of benzene rings is 2. The van der Waals surface area contributed by atoms with Gasteiger partial charge in [-0.05, 0) is 64.1 Å². The van der Waals surface area contributed by atoms with Gasteiger partial charge in [-0.1, -0.05) is 93.6 Å². The van der Waals surface area contributed by atoms with Crippen molar-refractivity contribution in [2.75, 3.05) is 60.7 Å². The van der Waals surface area contributed by atoms with Gasteiger partial charge in [-0.3, -0.25) is 0 Å². The Morgan fingerprint density at radius 1 is 0.896 bits per heavy atom. The minimum atomic E-state index is -2.77. The van der Waals surface area contributed by atoms with Gasteiger partial charge in [0, 0.05) is 26.7 Å². The van der Waals surface area contributed by atoms with Crippen LogP contribution in [-0.2, 0) is 32.8 Å². The topological polar surface area (TPSA) is 84.8 Å². The van der Waals surface area contributed by atoms with Crippen LogP contribution in [0.3, 0.4) is 0 Å². The van der Waals surface area contributed by atoms with E-state index >= 15 is 0 Å². The monoisotopic (exact) mass is 678 g/mol. The fourth-order valence-electron chi connectivity index (χ4n) is 9.02. The summed E-state index contributed by atoms with van der Waals surface area (Å²) in [5.74, 6) is -0.345. The molecule has 262 valence electrons. The lowest BCUT2D eigenvalue weighted by molar-refractivity contribution is -0.305. The maximum absolute atomic E-state index is 10.7. The van der Waals surface area contributed by atoms with Gasteiger partial charge in [0.2, 0.25) is 5.79 Å². The summed E-state index contributed by atoms with van der Waals surface area (Å²) in [6, 6.07) is 21.5. The lowest BCUT2D eigenvalue weighted by Crippen LogP contribution is -2.66. The first-order valence-corrected chi connectivity index (χ1v) is 19.4. The molecule has 2 aromatic carbocycles. The first-order chi connectivity index (χ1) is 23.3. The maximum atomic E-state index is 10.7. The highest BCUT2D eigenvalue weighted by molar-refractivity contribution is 6.99. The molecule has 1 N–H and O–H groups in total. The van der Waals surface area contributed by atoms with Crippen molar-refractivity contribution in [3.8, 4) is 0 Å². The highest BCUT2D eigenvalue weighted by atomic mass is 28.4. The molecule has 2 fully saturated rings. The fraction of sp³-hybridized carbons (Fsp3) is 0.590. The third-order valence-electron chi connectivity index (χ3n) is 11.1. The average molecular weight is 679 g/mol. The van der Waals surface area contributed by atoms with Gasteiger partial charge in [0.25, 0.3) is 8.32 Å². The van der Waals surface area contributed by atoms with E-state index in [1.807, 2.05) is 0 Å². The Morgan fingerprint density at radius 2 is 1.58 bits per heavy atom. The van der Waals surface area contributed by atoms with Gasteiger partial charge in [0.1, 0.15) is 6.79 Å². The van der Waals surface area contributed by atoms with Gasteiger partial charge in [-0.2, -0.15) is 0 Å². The van der Waals surface area contributed by atoms with E-state index in [1.165, 1.54) is 10.4 Å². The zero-order valence-electron chi connectivity index (χ0n) is 29.3. The molecule has 5 bridgehead atoms. The van der Waals surface area contributed by atoms with E-state index in [0.717, 1.165) is 24.0 Å². The first-order valence-electron chi connectivity index (χ1n) is 17.5. The van der Waals surface area contributed by atoms with Crippen molar-refractivity contribution >= 4 is 18.7 Å². The highest BCUT2D eigenvalue weighted by Gasteiger charge is 2.69. The molecule has 6 rings (SSSR count). The lowest BCUT2D eigenvalue weighted by atomic mass is 9.62. The van der Waals surface area contributed by atoms with Crippen LogP contribution < -0.4 is 10.4 Å². The van der Waals surface area contributed by atoms with E-state index in [9.17, 15) is 5.11 Å². The van der Waals surface area contributed by atoms with Crippen molar-refractivity contribution in [3.05, 3.63) is 84.0 Å². The fourth-order valence-corrected chi connectivity index (χ4v) is 13.6. The number of methoxy groups -OCH3 is 2. The van der Waals surface area contributed by atoms with Crippen LogP contribution in [0.25, 0.3) is 0 Å². The minimum Gasteiger partial charge on any atom is -0.407 e. The molecule has 4 aliphatic rings. The standard InChI is InChI=1S/C39H54O8Si/c1-37(2,3)48(31-12-8-6-9-13-31,32-14-10-7-11-15-32)46-21-18-38-26-29(27-40)24-34-33-17-20-45-39(34,47-36(38)42-5)35(38)25-30(33)16-19-43-28-44-23-22-41-4/h6-15,24-25,30,33-34,36,40H,16-23,26-28H2,1-5H3/t30-,33+,34-,36+,38+,39-/m0/s1. The predicted molar refractivity (Wildman–Crippen MR) is 187 cm³/mol. The first kappa shape index (κ1) is 35.6. The van der Waals surface area contributed by atoms with Crippen molar-refractivity contribution in [2.45, 2.75) is 63.6 Å². The van der Waals surface area contributed by atoms with Crippen LogP contribution in [0.1, 0.15) is 46.5 Å². The smallest absolute Gasteiger partial charge is 0.261 e. The number of hydrogen-bond donors (Lipinski definition) is 1. The van der Waals surface area contributed by atoms with Gasteiger partial charge in [-0.25, -0.2) is 0 Å². The summed E-state index contributed by atoms with van der Waals surface area (Å²) in [6.07, 6.45) is 7.22. The Bertz CT molecular complexity index is 1370. The molecule has 8 nitrogen and oxygen atoms in total. The van der Waals surface area contributed by atoms with Crippen LogP contribution in [0.5, 0.6) is 0 Å². The third-order valence-corrected chi connectivity index (χ3v) is 16.1. The number of allylic oxidation sites excluding steroid dienone is 1. The number of aliphatic hydroxyl groups is 1. The van der Waals surface area contributed by atoms with Crippen LogP contribution in [0.2, 0.25) is 5.04 Å². The van der Waals surface area contributed by atoms with Crippen LogP contribution in [0.4, 0.5) is 0 Å². The minimum absolute atomic E-state index is 0.00702. The largest absolute Gasteiger partial charge is 0.407 e. The van der Waals surface area contributed by atoms with E-state index in [4.69, 9.17) is 32.8 Å². The molecule has 48 heavy (non-hydrogen) atoms. The van der Waals surface area contributed by atoms with E-state index in [1.54, 1.807) is 14.2 Å². The molecule has 9 heteroatoms. The summed E-state index contributed by atoms with van der Waals surface area (Å²) >= 11 is 0. The lowest BCUT2D eigenvalue weighted by Gasteiger charge is -2.50. The Hall–Kier alpha value is -2.18. The number of aliphatic hydroxyl groups excluding tert-OH is 1. The number of rotatable bonds is 16. The summed E-state index contributed by atoms with van der Waals surface area (Å²) in [5, 5.41) is 13.1. The Kier molecular flexibility index (Phi) is 11.1. The molecule has 2 aliphatic carbocycles. The number of ether oxygens (including phenoxy) is 6. The van der Waals surface area contributed by atoms with Gasteiger partial charge in [0.15, 0.2) is 6.29 Å². The van der Waals surface area contributed by atoms with Gasteiger partial charge < -0.3 is 38.0 Å². The summed E-state index contributed by atoms with van der Waals surface area (Å²) in [7, 11) is 0.616.